The van der Waals surface area contributed by atoms with Crippen LogP contribution in [0, 0.1) is 0 Å². The van der Waals surface area contributed by atoms with E-state index in [2.05, 4.69) is 9.72 Å². The Labute approximate surface area is 96.0 Å². The van der Waals surface area contributed by atoms with E-state index in [9.17, 15) is 18.0 Å². The van der Waals surface area contributed by atoms with Crippen molar-refractivity contribution in [2.24, 2.45) is 0 Å². The SMILES string of the molecule is COC(=O)c1cnc(N(C)C)cc1C(F)(F)F. The minimum atomic E-state index is -4.63. The average molecular weight is 248 g/mol. The van der Waals surface area contributed by atoms with Crippen LogP contribution in [0.2, 0.25) is 0 Å². The molecular weight excluding hydrogens is 237 g/mol. The molecule has 1 aromatic heterocycles. The highest BCUT2D eigenvalue weighted by Gasteiger charge is 2.36. The first-order valence-electron chi connectivity index (χ1n) is 4.60. The maximum absolute atomic E-state index is 12.7. The van der Waals surface area contributed by atoms with Gasteiger partial charge in [0.1, 0.15) is 5.82 Å². The largest absolute Gasteiger partial charge is 0.465 e. The van der Waals surface area contributed by atoms with Crippen molar-refractivity contribution in [3.8, 4) is 0 Å². The quantitative estimate of drug-likeness (QED) is 0.750. The number of carbonyl (C=O) groups is 1. The van der Waals surface area contributed by atoms with Gasteiger partial charge in [-0.3, -0.25) is 0 Å². The van der Waals surface area contributed by atoms with Crippen molar-refractivity contribution < 1.29 is 22.7 Å². The normalized spacial score (nSPS) is 11.2. The third-order valence-corrected chi connectivity index (χ3v) is 2.06. The van der Waals surface area contributed by atoms with Crippen molar-refractivity contribution in [1.29, 1.82) is 0 Å². The number of hydrogen-bond acceptors (Lipinski definition) is 4. The molecule has 0 aliphatic carbocycles. The lowest BCUT2D eigenvalue weighted by Crippen LogP contribution is -2.18. The number of ether oxygens (including phenoxy) is 1. The number of methoxy groups -OCH3 is 1. The van der Waals surface area contributed by atoms with Crippen LogP contribution < -0.4 is 4.90 Å². The molecule has 0 saturated heterocycles. The molecule has 0 bridgehead atoms. The van der Waals surface area contributed by atoms with Gasteiger partial charge in [-0.15, -0.1) is 0 Å². The fraction of sp³-hybridized carbons (Fsp3) is 0.400. The van der Waals surface area contributed by atoms with Gasteiger partial charge in [0.05, 0.1) is 18.2 Å². The van der Waals surface area contributed by atoms with Gasteiger partial charge >= 0.3 is 12.1 Å². The molecule has 0 unspecified atom stereocenters. The highest BCUT2D eigenvalue weighted by atomic mass is 19.4. The smallest absolute Gasteiger partial charge is 0.417 e. The van der Waals surface area contributed by atoms with Crippen LogP contribution in [0.25, 0.3) is 0 Å². The number of pyridine rings is 1. The zero-order chi connectivity index (χ0) is 13.2. The lowest BCUT2D eigenvalue weighted by molar-refractivity contribution is -0.138. The Hall–Kier alpha value is -1.79. The van der Waals surface area contributed by atoms with E-state index in [1.165, 1.54) is 4.90 Å². The summed E-state index contributed by atoms with van der Waals surface area (Å²) in [4.78, 5) is 16.3. The van der Waals surface area contributed by atoms with E-state index in [0.717, 1.165) is 19.4 Å². The second kappa shape index (κ2) is 4.60. The van der Waals surface area contributed by atoms with E-state index in [1.54, 1.807) is 14.1 Å². The summed E-state index contributed by atoms with van der Waals surface area (Å²) in [6.07, 6.45) is -3.76. The molecule has 0 spiro atoms. The molecular formula is C10H11F3N2O2. The van der Waals surface area contributed by atoms with Crippen LogP contribution in [-0.4, -0.2) is 32.2 Å². The zero-order valence-electron chi connectivity index (χ0n) is 9.50. The summed E-state index contributed by atoms with van der Waals surface area (Å²) < 4.78 is 42.5. The summed E-state index contributed by atoms with van der Waals surface area (Å²) in [7, 11) is 4.13. The lowest BCUT2D eigenvalue weighted by atomic mass is 10.1. The Morgan fingerprint density at radius 1 is 1.41 bits per heavy atom. The number of anilines is 1. The van der Waals surface area contributed by atoms with Gasteiger partial charge in [0.25, 0.3) is 0 Å². The van der Waals surface area contributed by atoms with Crippen molar-refractivity contribution in [3.05, 3.63) is 23.4 Å². The van der Waals surface area contributed by atoms with Crippen LogP contribution in [0.15, 0.2) is 12.3 Å². The number of halogens is 3. The van der Waals surface area contributed by atoms with Crippen LogP contribution >= 0.6 is 0 Å². The molecule has 0 N–H and O–H groups in total. The van der Waals surface area contributed by atoms with Gasteiger partial charge in [0.2, 0.25) is 0 Å². The molecule has 94 valence electrons. The highest BCUT2D eigenvalue weighted by Crippen LogP contribution is 2.33. The molecule has 0 radical (unpaired) electrons. The Morgan fingerprint density at radius 2 is 2.00 bits per heavy atom. The Bertz CT molecular complexity index is 430. The van der Waals surface area contributed by atoms with Crippen LogP contribution in [0.3, 0.4) is 0 Å². The standard InChI is InChI=1S/C10H11F3N2O2/c1-15(2)8-4-7(10(11,12)13)6(5-14-8)9(16)17-3/h4-5H,1-3H3. The fourth-order valence-electron chi connectivity index (χ4n) is 1.20. The summed E-state index contributed by atoms with van der Waals surface area (Å²) >= 11 is 0. The molecule has 0 aromatic carbocycles. The number of hydrogen-bond donors (Lipinski definition) is 0. The minimum Gasteiger partial charge on any atom is -0.465 e. The number of nitrogens with zero attached hydrogens (tertiary/aromatic N) is 2. The molecule has 0 saturated carbocycles. The molecule has 0 fully saturated rings. The lowest BCUT2D eigenvalue weighted by Gasteiger charge is -2.16. The molecule has 1 aromatic rings. The predicted octanol–water partition coefficient (Wildman–Crippen LogP) is 1.95. The number of rotatable bonds is 2. The molecule has 0 aliphatic rings. The third kappa shape index (κ3) is 2.86. The first-order valence-corrected chi connectivity index (χ1v) is 4.60. The van der Waals surface area contributed by atoms with Crippen LogP contribution in [0.1, 0.15) is 15.9 Å². The Balaban J connectivity index is 3.37. The third-order valence-electron chi connectivity index (χ3n) is 2.06. The van der Waals surface area contributed by atoms with E-state index in [0.29, 0.717) is 0 Å². The molecule has 4 nitrogen and oxygen atoms in total. The van der Waals surface area contributed by atoms with Gasteiger partial charge in [-0.2, -0.15) is 13.2 Å². The van der Waals surface area contributed by atoms with E-state index in [-0.39, 0.29) is 5.82 Å². The van der Waals surface area contributed by atoms with Crippen molar-refractivity contribution in [3.63, 3.8) is 0 Å². The van der Waals surface area contributed by atoms with Gasteiger partial charge in [0, 0.05) is 20.3 Å². The Morgan fingerprint density at radius 3 is 2.41 bits per heavy atom. The molecule has 1 rings (SSSR count). The molecule has 17 heavy (non-hydrogen) atoms. The zero-order valence-corrected chi connectivity index (χ0v) is 9.50. The molecule has 7 heteroatoms. The predicted molar refractivity (Wildman–Crippen MR) is 54.9 cm³/mol. The van der Waals surface area contributed by atoms with Crippen molar-refractivity contribution in [1.82, 2.24) is 4.98 Å². The summed E-state index contributed by atoms with van der Waals surface area (Å²) in [5.74, 6) is -0.944. The first kappa shape index (κ1) is 13.3. The first-order chi connectivity index (χ1) is 7.77. The van der Waals surface area contributed by atoms with Crippen LogP contribution in [0.5, 0.6) is 0 Å². The summed E-state index contributed by atoms with van der Waals surface area (Å²) in [6.45, 7) is 0. The highest BCUT2D eigenvalue weighted by molar-refractivity contribution is 5.91. The molecule has 0 amide bonds. The molecule has 1 heterocycles. The maximum atomic E-state index is 12.7. The van der Waals surface area contributed by atoms with Crippen molar-refractivity contribution in [2.75, 3.05) is 26.1 Å². The van der Waals surface area contributed by atoms with Gasteiger partial charge < -0.3 is 9.64 Å². The molecule has 0 aliphatic heterocycles. The number of aromatic nitrogens is 1. The van der Waals surface area contributed by atoms with Crippen molar-refractivity contribution in [2.45, 2.75) is 6.18 Å². The summed E-state index contributed by atoms with van der Waals surface area (Å²) in [5.41, 5.74) is -1.64. The number of carbonyl (C=O) groups excluding carboxylic acids is 1. The monoisotopic (exact) mass is 248 g/mol. The van der Waals surface area contributed by atoms with Gasteiger partial charge in [0.15, 0.2) is 0 Å². The average Bonchev–Trinajstić information content (AvgIpc) is 2.26. The second-order valence-electron chi connectivity index (χ2n) is 3.47. The number of alkyl halides is 3. The summed E-state index contributed by atoms with van der Waals surface area (Å²) in [6, 6.07) is 0.812. The van der Waals surface area contributed by atoms with Gasteiger partial charge in [-0.25, -0.2) is 9.78 Å². The second-order valence-corrected chi connectivity index (χ2v) is 3.47. The molecule has 0 atom stereocenters. The number of esters is 1. The minimum absolute atomic E-state index is 0.116. The van der Waals surface area contributed by atoms with E-state index >= 15 is 0 Å². The summed E-state index contributed by atoms with van der Waals surface area (Å²) in [5, 5.41) is 0. The van der Waals surface area contributed by atoms with Gasteiger partial charge in [-0.05, 0) is 6.07 Å². The van der Waals surface area contributed by atoms with E-state index in [1.807, 2.05) is 0 Å². The maximum Gasteiger partial charge on any atom is 0.417 e. The van der Waals surface area contributed by atoms with Crippen LogP contribution in [0.4, 0.5) is 19.0 Å². The van der Waals surface area contributed by atoms with Gasteiger partial charge in [-0.1, -0.05) is 0 Å². The fourth-order valence-corrected chi connectivity index (χ4v) is 1.20. The van der Waals surface area contributed by atoms with Crippen LogP contribution in [-0.2, 0) is 10.9 Å². The van der Waals surface area contributed by atoms with E-state index in [4.69, 9.17) is 0 Å². The topological polar surface area (TPSA) is 42.4 Å². The van der Waals surface area contributed by atoms with E-state index < -0.39 is 23.3 Å². The Kier molecular flexibility index (Phi) is 3.59. The van der Waals surface area contributed by atoms with Crippen molar-refractivity contribution >= 4 is 11.8 Å².